The summed E-state index contributed by atoms with van der Waals surface area (Å²) in [6, 6.07) is 0. The minimum Gasteiger partial charge on any atom is -0.375 e. The first kappa shape index (κ1) is 11.8. The predicted molar refractivity (Wildman–Crippen MR) is 63.8 cm³/mol. The quantitative estimate of drug-likeness (QED) is 0.879. The van der Waals surface area contributed by atoms with Gasteiger partial charge in [0.15, 0.2) is 9.34 Å². The zero-order valence-corrected chi connectivity index (χ0v) is 10.9. The molecule has 16 heavy (non-hydrogen) atoms. The Morgan fingerprint density at radius 1 is 1.56 bits per heavy atom. The fourth-order valence-electron chi connectivity index (χ4n) is 1.55. The Balaban J connectivity index is 2.26. The Kier molecular flexibility index (Phi) is 2.93. The summed E-state index contributed by atoms with van der Waals surface area (Å²) < 4.78 is 26.0. The molecule has 0 spiro atoms. The molecule has 1 aromatic rings. The highest BCUT2D eigenvalue weighted by molar-refractivity contribution is 7.91. The summed E-state index contributed by atoms with van der Waals surface area (Å²) in [6.45, 7) is 2.27. The molecular formula is C9H15N3O2S2. The van der Waals surface area contributed by atoms with Crippen LogP contribution in [0.4, 0.5) is 5.13 Å². The second kappa shape index (κ2) is 3.97. The van der Waals surface area contributed by atoms with Crippen molar-refractivity contribution in [1.29, 1.82) is 0 Å². The van der Waals surface area contributed by atoms with Crippen LogP contribution in [-0.2, 0) is 10.0 Å². The van der Waals surface area contributed by atoms with Gasteiger partial charge in [0.1, 0.15) is 0 Å². The fourth-order valence-corrected chi connectivity index (χ4v) is 4.28. The van der Waals surface area contributed by atoms with Crippen molar-refractivity contribution in [2.75, 3.05) is 19.3 Å². The first-order chi connectivity index (χ1) is 7.41. The predicted octanol–water partition coefficient (Wildman–Crippen LogP) is 1.06. The number of hydrogen-bond acceptors (Lipinski definition) is 5. The van der Waals surface area contributed by atoms with Gasteiger partial charge in [0.25, 0.3) is 10.0 Å². The van der Waals surface area contributed by atoms with Crippen molar-refractivity contribution in [3.05, 3.63) is 5.69 Å². The molecule has 1 fully saturated rings. The molecule has 2 N–H and O–H groups in total. The summed E-state index contributed by atoms with van der Waals surface area (Å²) >= 11 is 1.03. The molecule has 0 atom stereocenters. The molecule has 1 heterocycles. The molecule has 0 saturated heterocycles. The van der Waals surface area contributed by atoms with E-state index in [4.69, 9.17) is 5.73 Å². The minimum atomic E-state index is -3.39. The van der Waals surface area contributed by atoms with Gasteiger partial charge in [0.05, 0.1) is 5.69 Å². The number of anilines is 1. The summed E-state index contributed by atoms with van der Waals surface area (Å²) in [5.41, 5.74) is 6.01. The topological polar surface area (TPSA) is 76.3 Å². The summed E-state index contributed by atoms with van der Waals surface area (Å²) in [7, 11) is -1.78. The van der Waals surface area contributed by atoms with Gasteiger partial charge in [-0.05, 0) is 25.7 Å². The van der Waals surface area contributed by atoms with Crippen molar-refractivity contribution in [2.45, 2.75) is 24.0 Å². The summed E-state index contributed by atoms with van der Waals surface area (Å²) in [5, 5.41) is 0.302. The maximum absolute atomic E-state index is 12.2. The van der Waals surface area contributed by atoms with Crippen molar-refractivity contribution in [1.82, 2.24) is 9.29 Å². The third kappa shape index (κ3) is 2.21. The number of hydrogen-bond donors (Lipinski definition) is 1. The largest absolute Gasteiger partial charge is 0.375 e. The maximum atomic E-state index is 12.2. The van der Waals surface area contributed by atoms with Crippen LogP contribution in [0.15, 0.2) is 4.21 Å². The Hall–Kier alpha value is -0.660. The normalized spacial score (nSPS) is 16.9. The second-order valence-electron chi connectivity index (χ2n) is 4.15. The van der Waals surface area contributed by atoms with Gasteiger partial charge in [-0.25, -0.2) is 13.4 Å². The highest BCUT2D eigenvalue weighted by Gasteiger charge is 2.31. The summed E-state index contributed by atoms with van der Waals surface area (Å²) in [5.74, 6) is 0.533. The molecule has 2 rings (SSSR count). The number of rotatable bonds is 4. The fraction of sp³-hybridized carbons (Fsp3) is 0.667. The van der Waals surface area contributed by atoms with Gasteiger partial charge in [0, 0.05) is 13.6 Å². The van der Waals surface area contributed by atoms with Crippen molar-refractivity contribution in [3.8, 4) is 0 Å². The molecule has 90 valence electrons. The lowest BCUT2D eigenvalue weighted by Gasteiger charge is -2.15. The molecule has 1 aliphatic carbocycles. The molecule has 0 aliphatic heterocycles. The smallest absolute Gasteiger partial charge is 0.254 e. The van der Waals surface area contributed by atoms with Gasteiger partial charge in [-0.15, -0.1) is 0 Å². The average molecular weight is 261 g/mol. The van der Waals surface area contributed by atoms with Crippen LogP contribution in [-0.4, -0.2) is 31.3 Å². The monoisotopic (exact) mass is 261 g/mol. The molecule has 0 bridgehead atoms. The molecule has 1 saturated carbocycles. The van der Waals surface area contributed by atoms with Crippen LogP contribution in [0.1, 0.15) is 18.5 Å². The SMILES string of the molecule is Cc1nc(N)sc1S(=O)(=O)N(C)CC1CC1. The van der Waals surface area contributed by atoms with E-state index >= 15 is 0 Å². The van der Waals surface area contributed by atoms with Crippen molar-refractivity contribution >= 4 is 26.5 Å². The van der Waals surface area contributed by atoms with Crippen LogP contribution in [0.2, 0.25) is 0 Å². The van der Waals surface area contributed by atoms with Crippen LogP contribution in [0, 0.1) is 12.8 Å². The minimum absolute atomic E-state index is 0.271. The number of nitrogen functional groups attached to an aromatic ring is 1. The van der Waals surface area contributed by atoms with Crippen molar-refractivity contribution in [2.24, 2.45) is 5.92 Å². The van der Waals surface area contributed by atoms with Gasteiger partial charge in [0.2, 0.25) is 0 Å². The first-order valence-electron chi connectivity index (χ1n) is 5.10. The molecule has 1 aromatic heterocycles. The Bertz CT molecular complexity index is 491. The van der Waals surface area contributed by atoms with Gasteiger partial charge >= 0.3 is 0 Å². The maximum Gasteiger partial charge on any atom is 0.254 e. The number of nitrogens with two attached hydrogens (primary N) is 1. The van der Waals surface area contributed by atoms with Crippen LogP contribution in [0.5, 0.6) is 0 Å². The lowest BCUT2D eigenvalue weighted by Crippen LogP contribution is -2.28. The van der Waals surface area contributed by atoms with Gasteiger partial charge in [-0.1, -0.05) is 11.3 Å². The molecule has 0 unspecified atom stereocenters. The highest BCUT2D eigenvalue weighted by Crippen LogP contribution is 2.33. The standard InChI is InChI=1S/C9H15N3O2S2/c1-6-8(15-9(10)11-6)16(13,14)12(2)5-7-3-4-7/h7H,3-5H2,1-2H3,(H2,10,11). The second-order valence-corrected chi connectivity index (χ2v) is 7.42. The lowest BCUT2D eigenvalue weighted by atomic mass is 10.4. The molecule has 5 nitrogen and oxygen atoms in total. The first-order valence-corrected chi connectivity index (χ1v) is 7.36. The number of nitrogens with zero attached hydrogens (tertiary/aromatic N) is 2. The van der Waals surface area contributed by atoms with E-state index in [0.29, 0.717) is 23.3 Å². The Labute approximate surface area is 99.3 Å². The zero-order valence-electron chi connectivity index (χ0n) is 9.30. The van der Waals surface area contributed by atoms with Crippen LogP contribution < -0.4 is 5.73 Å². The summed E-state index contributed by atoms with van der Waals surface area (Å²) in [6.07, 6.45) is 2.26. The lowest BCUT2D eigenvalue weighted by molar-refractivity contribution is 0.454. The number of aryl methyl sites for hydroxylation is 1. The van der Waals surface area contributed by atoms with E-state index in [-0.39, 0.29) is 4.21 Å². The molecular weight excluding hydrogens is 246 g/mol. The molecule has 0 amide bonds. The molecule has 0 aromatic carbocycles. The third-order valence-electron chi connectivity index (χ3n) is 2.63. The van der Waals surface area contributed by atoms with Crippen LogP contribution >= 0.6 is 11.3 Å². The van der Waals surface area contributed by atoms with Crippen molar-refractivity contribution < 1.29 is 8.42 Å². The van der Waals surface area contributed by atoms with E-state index in [0.717, 1.165) is 24.2 Å². The van der Waals surface area contributed by atoms with Crippen LogP contribution in [0.3, 0.4) is 0 Å². The van der Waals surface area contributed by atoms with Gasteiger partial charge in [-0.3, -0.25) is 0 Å². The van der Waals surface area contributed by atoms with E-state index in [1.807, 2.05) is 0 Å². The van der Waals surface area contributed by atoms with Crippen LogP contribution in [0.25, 0.3) is 0 Å². The van der Waals surface area contributed by atoms with E-state index in [2.05, 4.69) is 4.98 Å². The van der Waals surface area contributed by atoms with E-state index < -0.39 is 10.0 Å². The van der Waals surface area contributed by atoms with Crippen molar-refractivity contribution in [3.63, 3.8) is 0 Å². The summed E-state index contributed by atoms with van der Waals surface area (Å²) in [4.78, 5) is 3.94. The third-order valence-corrected chi connectivity index (χ3v) is 6.02. The van der Waals surface area contributed by atoms with Gasteiger partial charge < -0.3 is 5.73 Å². The number of sulfonamides is 1. The Morgan fingerprint density at radius 3 is 2.62 bits per heavy atom. The molecule has 0 radical (unpaired) electrons. The highest BCUT2D eigenvalue weighted by atomic mass is 32.2. The van der Waals surface area contributed by atoms with E-state index in [1.54, 1.807) is 14.0 Å². The number of thiazole rings is 1. The Morgan fingerprint density at radius 2 is 2.19 bits per heavy atom. The molecule has 1 aliphatic rings. The van der Waals surface area contributed by atoms with E-state index in [1.165, 1.54) is 4.31 Å². The number of aromatic nitrogens is 1. The van der Waals surface area contributed by atoms with Gasteiger partial charge in [-0.2, -0.15) is 4.31 Å². The zero-order chi connectivity index (χ0) is 11.9. The average Bonchev–Trinajstić information content (AvgIpc) is 2.91. The van der Waals surface area contributed by atoms with E-state index in [9.17, 15) is 8.42 Å². The molecule has 7 heteroatoms.